The van der Waals surface area contributed by atoms with E-state index >= 15 is 0 Å². The van der Waals surface area contributed by atoms with Gasteiger partial charge in [-0.1, -0.05) is 12.1 Å². The van der Waals surface area contributed by atoms with Crippen LogP contribution >= 0.6 is 15.9 Å². The Morgan fingerprint density at radius 2 is 1.95 bits per heavy atom. The fourth-order valence-electron chi connectivity index (χ4n) is 2.07. The molecular weight excluding hydrogens is 350 g/mol. The maximum absolute atomic E-state index is 11.5. The summed E-state index contributed by atoms with van der Waals surface area (Å²) in [4.78, 5) is 21.0. The van der Waals surface area contributed by atoms with Gasteiger partial charge in [0.25, 0.3) is 0 Å². The molecule has 0 atom stereocenters. The van der Waals surface area contributed by atoms with Crippen LogP contribution in [0.3, 0.4) is 0 Å². The molecule has 0 aliphatic carbocycles. The number of benzene rings is 1. The van der Waals surface area contributed by atoms with Crippen LogP contribution in [0.25, 0.3) is 0 Å². The van der Waals surface area contributed by atoms with Gasteiger partial charge in [0, 0.05) is 17.6 Å². The third-order valence-corrected chi connectivity index (χ3v) is 3.87. The summed E-state index contributed by atoms with van der Waals surface area (Å²) in [5.74, 6) is 0.494. The second-order valence-electron chi connectivity index (χ2n) is 4.43. The molecule has 1 heterocycles. The molecule has 22 heavy (non-hydrogen) atoms. The molecule has 0 saturated carbocycles. The van der Waals surface area contributed by atoms with Gasteiger partial charge in [0.15, 0.2) is 0 Å². The lowest BCUT2D eigenvalue weighted by Crippen LogP contribution is -2.24. The summed E-state index contributed by atoms with van der Waals surface area (Å²) in [7, 11) is 0. The van der Waals surface area contributed by atoms with Crippen LogP contribution in [-0.4, -0.2) is 28.0 Å². The van der Waals surface area contributed by atoms with Crippen LogP contribution in [0.15, 0.2) is 35.1 Å². The third-order valence-electron chi connectivity index (χ3n) is 3.18. The van der Waals surface area contributed by atoms with Gasteiger partial charge in [-0.3, -0.25) is 10.1 Å². The van der Waals surface area contributed by atoms with Gasteiger partial charge < -0.3 is 10.2 Å². The summed E-state index contributed by atoms with van der Waals surface area (Å²) in [6, 6.07) is 7.37. The molecule has 2 aromatic rings. The summed E-state index contributed by atoms with van der Waals surface area (Å²) in [6.45, 7) is 5.11. The highest BCUT2D eigenvalue weighted by Gasteiger charge is 2.26. The van der Waals surface area contributed by atoms with Gasteiger partial charge in [-0.2, -0.15) is 0 Å². The minimum Gasteiger partial charge on any atom is -0.351 e. The van der Waals surface area contributed by atoms with Crippen molar-refractivity contribution in [2.75, 3.05) is 23.3 Å². The average Bonchev–Trinajstić information content (AvgIpc) is 2.51. The van der Waals surface area contributed by atoms with E-state index in [4.69, 9.17) is 0 Å². The highest BCUT2D eigenvalue weighted by atomic mass is 79.9. The lowest BCUT2D eigenvalue weighted by Gasteiger charge is -2.20. The number of nitrogens with zero attached hydrogens (tertiary/aromatic N) is 4. The number of nitro groups is 1. The van der Waals surface area contributed by atoms with Gasteiger partial charge in [0.05, 0.1) is 10.6 Å². The van der Waals surface area contributed by atoms with Gasteiger partial charge in [-0.15, -0.1) is 0 Å². The van der Waals surface area contributed by atoms with E-state index in [1.54, 1.807) is 0 Å². The Morgan fingerprint density at radius 3 is 2.55 bits per heavy atom. The first kappa shape index (κ1) is 16.2. The molecule has 0 fully saturated rings. The molecule has 0 aliphatic rings. The number of anilines is 3. The van der Waals surface area contributed by atoms with Crippen molar-refractivity contribution in [1.82, 2.24) is 9.97 Å². The Hall–Kier alpha value is -2.22. The van der Waals surface area contributed by atoms with Crippen LogP contribution in [0, 0.1) is 10.1 Å². The Morgan fingerprint density at radius 1 is 1.27 bits per heavy atom. The monoisotopic (exact) mass is 365 g/mol. The van der Waals surface area contributed by atoms with Crippen molar-refractivity contribution < 1.29 is 4.92 Å². The van der Waals surface area contributed by atoms with Crippen molar-refractivity contribution >= 4 is 38.9 Å². The standard InChI is InChI=1S/C14H16BrN5O2/c1-3-19(4-2)14-12(20(21)22)13(16-9-17-14)18-11-8-6-5-7-10(11)15/h5-9H,3-4H2,1-2H3,(H,16,17,18). The van der Waals surface area contributed by atoms with E-state index < -0.39 is 4.92 Å². The second-order valence-corrected chi connectivity index (χ2v) is 5.28. The van der Waals surface area contributed by atoms with Gasteiger partial charge in [-0.05, 0) is 41.9 Å². The number of aromatic nitrogens is 2. The first-order chi connectivity index (χ1) is 10.6. The fraction of sp³-hybridized carbons (Fsp3) is 0.286. The van der Waals surface area contributed by atoms with Crippen LogP contribution in [0.2, 0.25) is 0 Å². The van der Waals surface area contributed by atoms with Crippen LogP contribution in [-0.2, 0) is 0 Å². The van der Waals surface area contributed by atoms with Crippen molar-refractivity contribution in [3.8, 4) is 0 Å². The van der Waals surface area contributed by atoms with Crippen molar-refractivity contribution in [1.29, 1.82) is 0 Å². The number of rotatable bonds is 6. The van der Waals surface area contributed by atoms with Gasteiger partial charge in [-0.25, -0.2) is 9.97 Å². The molecule has 0 radical (unpaired) electrons. The number of hydrogen-bond acceptors (Lipinski definition) is 6. The van der Waals surface area contributed by atoms with E-state index in [0.717, 1.165) is 4.47 Å². The van der Waals surface area contributed by atoms with E-state index in [1.165, 1.54) is 6.33 Å². The molecule has 116 valence electrons. The number of nitrogens with one attached hydrogen (secondary N) is 1. The molecule has 2 rings (SSSR count). The van der Waals surface area contributed by atoms with Crippen LogP contribution in [0.1, 0.15) is 13.8 Å². The van der Waals surface area contributed by atoms with Crippen molar-refractivity contribution in [3.05, 3.63) is 45.2 Å². The molecule has 8 heteroatoms. The molecule has 0 aliphatic heterocycles. The normalized spacial score (nSPS) is 10.3. The van der Waals surface area contributed by atoms with E-state index in [9.17, 15) is 10.1 Å². The number of para-hydroxylation sites is 1. The zero-order valence-corrected chi connectivity index (χ0v) is 13.9. The van der Waals surface area contributed by atoms with Gasteiger partial charge in [0.1, 0.15) is 6.33 Å². The molecule has 0 spiro atoms. The fourth-order valence-corrected chi connectivity index (χ4v) is 2.46. The Balaban J connectivity index is 2.50. The van der Waals surface area contributed by atoms with E-state index in [2.05, 4.69) is 31.2 Å². The Kier molecular flexibility index (Phi) is 5.26. The summed E-state index contributed by atoms with van der Waals surface area (Å²) in [5.41, 5.74) is 0.580. The largest absolute Gasteiger partial charge is 0.353 e. The van der Waals surface area contributed by atoms with Gasteiger partial charge in [0.2, 0.25) is 11.6 Å². The molecular formula is C14H16BrN5O2. The van der Waals surface area contributed by atoms with E-state index in [-0.39, 0.29) is 11.5 Å². The summed E-state index contributed by atoms with van der Waals surface area (Å²) < 4.78 is 0.798. The topological polar surface area (TPSA) is 84.2 Å². The predicted molar refractivity (Wildman–Crippen MR) is 89.7 cm³/mol. The molecule has 1 aromatic heterocycles. The highest BCUT2D eigenvalue weighted by Crippen LogP contribution is 2.34. The summed E-state index contributed by atoms with van der Waals surface area (Å²) in [5, 5.41) is 14.5. The lowest BCUT2D eigenvalue weighted by molar-refractivity contribution is -0.383. The average molecular weight is 366 g/mol. The van der Waals surface area contributed by atoms with Crippen molar-refractivity contribution in [3.63, 3.8) is 0 Å². The summed E-state index contributed by atoms with van der Waals surface area (Å²) >= 11 is 3.40. The highest BCUT2D eigenvalue weighted by molar-refractivity contribution is 9.10. The predicted octanol–water partition coefficient (Wildman–Crippen LogP) is 3.74. The summed E-state index contributed by atoms with van der Waals surface area (Å²) in [6.07, 6.45) is 1.33. The van der Waals surface area contributed by atoms with Crippen LogP contribution in [0.4, 0.5) is 23.0 Å². The molecule has 1 N–H and O–H groups in total. The molecule has 1 aromatic carbocycles. The molecule has 7 nitrogen and oxygen atoms in total. The van der Waals surface area contributed by atoms with Crippen LogP contribution in [0.5, 0.6) is 0 Å². The third kappa shape index (κ3) is 3.33. The lowest BCUT2D eigenvalue weighted by atomic mass is 10.3. The van der Waals surface area contributed by atoms with E-state index in [1.807, 2.05) is 43.0 Å². The Bertz CT molecular complexity index is 676. The maximum atomic E-state index is 11.5. The zero-order chi connectivity index (χ0) is 16.1. The molecule has 0 bridgehead atoms. The smallest absolute Gasteiger partial charge is 0.351 e. The maximum Gasteiger partial charge on any atom is 0.353 e. The molecule has 0 amide bonds. The number of hydrogen-bond donors (Lipinski definition) is 1. The van der Waals surface area contributed by atoms with E-state index in [0.29, 0.717) is 24.6 Å². The zero-order valence-electron chi connectivity index (χ0n) is 12.3. The first-order valence-corrected chi connectivity index (χ1v) is 7.63. The second kappa shape index (κ2) is 7.17. The SMILES string of the molecule is CCN(CC)c1ncnc(Nc2ccccc2Br)c1[N+](=O)[O-]. The van der Waals surface area contributed by atoms with Crippen LogP contribution < -0.4 is 10.2 Å². The quantitative estimate of drug-likeness (QED) is 0.619. The Labute approximate surface area is 136 Å². The molecule has 0 unspecified atom stereocenters. The molecule has 0 saturated heterocycles. The number of halogens is 1. The minimum atomic E-state index is -0.452. The minimum absolute atomic E-state index is 0.123. The van der Waals surface area contributed by atoms with Gasteiger partial charge >= 0.3 is 5.69 Å². The van der Waals surface area contributed by atoms with Crippen molar-refractivity contribution in [2.24, 2.45) is 0 Å². The first-order valence-electron chi connectivity index (χ1n) is 6.84. The van der Waals surface area contributed by atoms with Crippen molar-refractivity contribution in [2.45, 2.75) is 13.8 Å².